The topological polar surface area (TPSA) is 51.2 Å². The number of ether oxygens (including phenoxy) is 1. The maximum atomic E-state index is 12.2. The van der Waals surface area contributed by atoms with Gasteiger partial charge >= 0.3 is 0 Å². The Morgan fingerprint density at radius 2 is 2.26 bits per heavy atom. The molecule has 1 saturated carbocycles. The van der Waals surface area contributed by atoms with Crippen LogP contribution in [0.25, 0.3) is 0 Å². The number of nitrogens with zero attached hydrogens (tertiary/aromatic N) is 1. The summed E-state index contributed by atoms with van der Waals surface area (Å²) in [6.07, 6.45) is 6.80. The van der Waals surface area contributed by atoms with E-state index in [0.717, 1.165) is 16.5 Å². The van der Waals surface area contributed by atoms with Crippen LogP contribution in [0.2, 0.25) is 0 Å². The molecule has 2 aliphatic rings. The summed E-state index contributed by atoms with van der Waals surface area (Å²) in [5.41, 5.74) is 1.09. The van der Waals surface area contributed by atoms with E-state index in [0.29, 0.717) is 19.1 Å². The Balaban J connectivity index is 1.72. The lowest BCUT2D eigenvalue weighted by Crippen LogP contribution is -2.35. The SMILES string of the molecule is O=C(N[C@@H](c1cncc(Br)c1)C1CC1)[C@@H]1CCOC1. The third-order valence-electron chi connectivity index (χ3n) is 3.78. The first-order valence-corrected chi connectivity index (χ1v) is 7.52. The van der Waals surface area contributed by atoms with Gasteiger partial charge in [0.05, 0.1) is 18.6 Å². The first kappa shape index (κ1) is 13.1. The standard InChI is InChI=1S/C14H17BrN2O2/c15-12-5-11(6-16-7-12)13(9-1-2-9)17-14(18)10-3-4-19-8-10/h5-7,9-10,13H,1-4,8H2,(H,17,18)/t10-,13-/m1/s1. The van der Waals surface area contributed by atoms with Crippen molar-refractivity contribution in [3.8, 4) is 0 Å². The van der Waals surface area contributed by atoms with E-state index < -0.39 is 0 Å². The van der Waals surface area contributed by atoms with Crippen LogP contribution >= 0.6 is 15.9 Å². The van der Waals surface area contributed by atoms with E-state index >= 15 is 0 Å². The molecule has 0 spiro atoms. The number of carbonyl (C=O) groups is 1. The molecule has 0 unspecified atom stereocenters. The van der Waals surface area contributed by atoms with E-state index in [1.807, 2.05) is 12.3 Å². The summed E-state index contributed by atoms with van der Waals surface area (Å²) < 4.78 is 6.23. The zero-order chi connectivity index (χ0) is 13.2. The monoisotopic (exact) mass is 324 g/mol. The summed E-state index contributed by atoms with van der Waals surface area (Å²) in [5, 5.41) is 3.18. The van der Waals surface area contributed by atoms with Gasteiger partial charge in [-0.2, -0.15) is 0 Å². The summed E-state index contributed by atoms with van der Waals surface area (Å²) >= 11 is 3.44. The lowest BCUT2D eigenvalue weighted by atomic mass is 10.0. The minimum atomic E-state index is 0.0152. The zero-order valence-corrected chi connectivity index (χ0v) is 12.2. The lowest BCUT2D eigenvalue weighted by Gasteiger charge is -2.20. The number of aromatic nitrogens is 1. The largest absolute Gasteiger partial charge is 0.381 e. The van der Waals surface area contributed by atoms with Gasteiger partial charge in [0.15, 0.2) is 0 Å². The van der Waals surface area contributed by atoms with Gasteiger partial charge in [0.25, 0.3) is 0 Å². The van der Waals surface area contributed by atoms with Crippen molar-refractivity contribution in [3.05, 3.63) is 28.5 Å². The molecule has 2 fully saturated rings. The van der Waals surface area contributed by atoms with Crippen LogP contribution in [0.3, 0.4) is 0 Å². The number of pyridine rings is 1. The maximum Gasteiger partial charge on any atom is 0.226 e. The van der Waals surface area contributed by atoms with Crippen LogP contribution in [0.5, 0.6) is 0 Å². The molecule has 0 aromatic carbocycles. The van der Waals surface area contributed by atoms with Crippen molar-refractivity contribution in [3.63, 3.8) is 0 Å². The molecule has 1 N–H and O–H groups in total. The third kappa shape index (κ3) is 3.15. The third-order valence-corrected chi connectivity index (χ3v) is 4.21. The normalized spacial score (nSPS) is 24.2. The molecule has 0 bridgehead atoms. The zero-order valence-electron chi connectivity index (χ0n) is 10.6. The fourth-order valence-corrected chi connectivity index (χ4v) is 2.90. The number of hydrogen-bond acceptors (Lipinski definition) is 3. The minimum absolute atomic E-state index is 0.0152. The highest BCUT2D eigenvalue weighted by molar-refractivity contribution is 9.10. The quantitative estimate of drug-likeness (QED) is 0.925. The van der Waals surface area contributed by atoms with Gasteiger partial charge < -0.3 is 10.1 Å². The molecule has 3 rings (SSSR count). The van der Waals surface area contributed by atoms with Gasteiger partial charge in [-0.25, -0.2) is 0 Å². The van der Waals surface area contributed by atoms with E-state index in [-0.39, 0.29) is 17.9 Å². The second kappa shape index (κ2) is 5.59. The highest BCUT2D eigenvalue weighted by Crippen LogP contribution is 2.41. The van der Waals surface area contributed by atoms with E-state index in [4.69, 9.17) is 4.74 Å². The van der Waals surface area contributed by atoms with Crippen molar-refractivity contribution in [2.24, 2.45) is 11.8 Å². The molecule has 1 aromatic heterocycles. The number of hydrogen-bond donors (Lipinski definition) is 1. The highest BCUT2D eigenvalue weighted by Gasteiger charge is 2.35. The molecule has 1 saturated heterocycles. The minimum Gasteiger partial charge on any atom is -0.381 e. The van der Waals surface area contributed by atoms with Crippen LogP contribution in [-0.4, -0.2) is 24.1 Å². The Labute approximate surface area is 121 Å². The molecule has 1 aliphatic heterocycles. The molecule has 19 heavy (non-hydrogen) atoms. The first-order valence-electron chi connectivity index (χ1n) is 6.72. The highest BCUT2D eigenvalue weighted by atomic mass is 79.9. The Hall–Kier alpha value is -0.940. The van der Waals surface area contributed by atoms with Crippen LogP contribution in [0.4, 0.5) is 0 Å². The van der Waals surface area contributed by atoms with Gasteiger partial charge in [-0.1, -0.05) is 0 Å². The van der Waals surface area contributed by atoms with Crippen molar-refractivity contribution in [2.75, 3.05) is 13.2 Å². The molecule has 2 heterocycles. The van der Waals surface area contributed by atoms with Crippen molar-refractivity contribution in [1.82, 2.24) is 10.3 Å². The summed E-state index contributed by atoms with van der Waals surface area (Å²) in [6.45, 7) is 1.25. The molecule has 1 aliphatic carbocycles. The number of halogens is 1. The predicted molar refractivity (Wildman–Crippen MR) is 74.5 cm³/mol. The average Bonchev–Trinajstić information content (AvgIpc) is 3.09. The molecule has 5 heteroatoms. The van der Waals surface area contributed by atoms with Crippen LogP contribution in [0.1, 0.15) is 30.9 Å². The van der Waals surface area contributed by atoms with Crippen molar-refractivity contribution in [2.45, 2.75) is 25.3 Å². The smallest absolute Gasteiger partial charge is 0.226 e. The Morgan fingerprint density at radius 3 is 2.89 bits per heavy atom. The Bertz CT molecular complexity index is 470. The molecular formula is C14H17BrN2O2. The molecule has 4 nitrogen and oxygen atoms in total. The molecule has 102 valence electrons. The lowest BCUT2D eigenvalue weighted by molar-refractivity contribution is -0.125. The Morgan fingerprint density at radius 1 is 1.42 bits per heavy atom. The van der Waals surface area contributed by atoms with E-state index in [2.05, 4.69) is 26.2 Å². The van der Waals surface area contributed by atoms with Gasteiger partial charge in [-0.3, -0.25) is 9.78 Å². The van der Waals surface area contributed by atoms with Gasteiger partial charge in [-0.05, 0) is 52.7 Å². The predicted octanol–water partition coefficient (Wildman–Crippen LogP) is 2.45. The van der Waals surface area contributed by atoms with Crippen LogP contribution in [0.15, 0.2) is 22.9 Å². The summed E-state index contributed by atoms with van der Waals surface area (Å²) in [7, 11) is 0. The fraction of sp³-hybridized carbons (Fsp3) is 0.571. The van der Waals surface area contributed by atoms with Crippen LogP contribution in [-0.2, 0) is 9.53 Å². The van der Waals surface area contributed by atoms with Gasteiger partial charge in [0.2, 0.25) is 5.91 Å². The second-order valence-corrected chi connectivity index (χ2v) is 6.24. The number of carbonyl (C=O) groups excluding carboxylic acids is 1. The van der Waals surface area contributed by atoms with Crippen molar-refractivity contribution < 1.29 is 9.53 Å². The summed E-state index contributed by atoms with van der Waals surface area (Å²) in [4.78, 5) is 16.4. The van der Waals surface area contributed by atoms with Crippen molar-refractivity contribution in [1.29, 1.82) is 0 Å². The van der Waals surface area contributed by atoms with E-state index in [1.54, 1.807) is 6.20 Å². The molecule has 1 amide bonds. The van der Waals surface area contributed by atoms with E-state index in [9.17, 15) is 4.79 Å². The molecule has 0 radical (unpaired) electrons. The second-order valence-electron chi connectivity index (χ2n) is 5.32. The molecule has 2 atom stereocenters. The molecule has 1 aromatic rings. The van der Waals surface area contributed by atoms with E-state index in [1.165, 1.54) is 12.8 Å². The van der Waals surface area contributed by atoms with Gasteiger partial charge in [0, 0.05) is 23.5 Å². The fourth-order valence-electron chi connectivity index (χ4n) is 2.51. The molecular weight excluding hydrogens is 308 g/mol. The number of nitrogens with one attached hydrogen (secondary N) is 1. The van der Waals surface area contributed by atoms with Gasteiger partial charge in [-0.15, -0.1) is 0 Å². The number of rotatable bonds is 4. The van der Waals surface area contributed by atoms with Crippen molar-refractivity contribution >= 4 is 21.8 Å². The number of amides is 1. The summed E-state index contributed by atoms with van der Waals surface area (Å²) in [5.74, 6) is 0.693. The average molecular weight is 325 g/mol. The summed E-state index contributed by atoms with van der Waals surface area (Å²) in [6, 6.07) is 2.14. The first-order chi connectivity index (χ1) is 9.24. The van der Waals surface area contributed by atoms with Crippen LogP contribution < -0.4 is 5.32 Å². The maximum absolute atomic E-state index is 12.2. The van der Waals surface area contributed by atoms with Gasteiger partial charge in [0.1, 0.15) is 0 Å². The van der Waals surface area contributed by atoms with Crippen LogP contribution in [0, 0.1) is 11.8 Å². The Kier molecular flexibility index (Phi) is 3.84.